The minimum absolute atomic E-state index is 0.0651. The zero-order chi connectivity index (χ0) is 20.2. The van der Waals surface area contributed by atoms with Crippen molar-refractivity contribution in [1.29, 1.82) is 0 Å². The quantitative estimate of drug-likeness (QED) is 0.379. The Balaban J connectivity index is 1.76. The summed E-state index contributed by atoms with van der Waals surface area (Å²) in [5.41, 5.74) is 5.06. The number of nitrogens with one attached hydrogen (secondary N) is 2. The zero-order valence-corrected chi connectivity index (χ0v) is 16.7. The van der Waals surface area contributed by atoms with Crippen molar-refractivity contribution in [3.05, 3.63) is 94.5 Å². The van der Waals surface area contributed by atoms with Crippen molar-refractivity contribution in [1.82, 2.24) is 0 Å². The molecule has 3 N–H and O–H groups in total. The summed E-state index contributed by atoms with van der Waals surface area (Å²) in [4.78, 5) is 12.9. The molecule has 1 heterocycles. The van der Waals surface area contributed by atoms with Crippen molar-refractivity contribution < 1.29 is 14.3 Å². The summed E-state index contributed by atoms with van der Waals surface area (Å²) in [5, 5.41) is 17.5. The van der Waals surface area contributed by atoms with Gasteiger partial charge in [-0.1, -0.05) is 34.1 Å². The number of carbonyl (C=O) groups excluding carboxylic acids is 1. The lowest BCUT2D eigenvalue weighted by molar-refractivity contribution is 0.102. The van der Waals surface area contributed by atoms with Gasteiger partial charge in [-0.25, -0.2) is 0 Å². The third kappa shape index (κ3) is 4.47. The van der Waals surface area contributed by atoms with Gasteiger partial charge in [0.2, 0.25) is 5.55 Å². The molecule has 0 unspecified atom stereocenters. The van der Waals surface area contributed by atoms with Crippen LogP contribution in [0.4, 0.5) is 11.4 Å². The SMILES string of the molecule is O=C(Nc1ccc(Br)cc1)c1cc2ccc(O)cc2o/c1=N\Nc1ccccc1. The summed E-state index contributed by atoms with van der Waals surface area (Å²) in [6.45, 7) is 0. The van der Waals surface area contributed by atoms with E-state index in [9.17, 15) is 9.90 Å². The molecule has 0 fully saturated rings. The topological polar surface area (TPSA) is 86.9 Å². The lowest BCUT2D eigenvalue weighted by Crippen LogP contribution is -2.22. The third-order valence-corrected chi connectivity index (χ3v) is 4.67. The van der Waals surface area contributed by atoms with E-state index in [1.807, 2.05) is 42.5 Å². The summed E-state index contributed by atoms with van der Waals surface area (Å²) < 4.78 is 6.73. The molecule has 0 saturated heterocycles. The summed E-state index contributed by atoms with van der Waals surface area (Å²) in [6.07, 6.45) is 0. The molecule has 0 radical (unpaired) electrons. The number of rotatable bonds is 4. The third-order valence-electron chi connectivity index (χ3n) is 4.14. The second kappa shape index (κ2) is 8.20. The van der Waals surface area contributed by atoms with Crippen LogP contribution in [0.25, 0.3) is 11.0 Å². The molecule has 0 atom stereocenters. The molecule has 6 nitrogen and oxygen atoms in total. The smallest absolute Gasteiger partial charge is 0.261 e. The largest absolute Gasteiger partial charge is 0.508 e. The molecule has 0 aliphatic heterocycles. The first-order valence-electron chi connectivity index (χ1n) is 8.77. The maximum Gasteiger partial charge on any atom is 0.261 e. The number of hydrogen-bond donors (Lipinski definition) is 3. The van der Waals surface area contributed by atoms with Crippen LogP contribution in [0.15, 0.2) is 92.9 Å². The Kier molecular flexibility index (Phi) is 5.31. The highest BCUT2D eigenvalue weighted by Gasteiger charge is 2.13. The van der Waals surface area contributed by atoms with Crippen LogP contribution in [0.1, 0.15) is 10.4 Å². The van der Waals surface area contributed by atoms with E-state index in [4.69, 9.17) is 4.42 Å². The number of nitrogens with zero attached hydrogens (tertiary/aromatic N) is 1. The Morgan fingerprint density at radius 3 is 2.45 bits per heavy atom. The Labute approximate surface area is 174 Å². The van der Waals surface area contributed by atoms with Crippen molar-refractivity contribution in [3.8, 4) is 5.75 Å². The van der Waals surface area contributed by atoms with E-state index in [0.717, 1.165) is 10.2 Å². The van der Waals surface area contributed by atoms with Gasteiger partial charge in [0.25, 0.3) is 5.91 Å². The summed E-state index contributed by atoms with van der Waals surface area (Å²) in [6, 6.07) is 23.0. The first-order chi connectivity index (χ1) is 14.1. The predicted octanol–water partition coefficient (Wildman–Crippen LogP) is 5.08. The molecule has 29 heavy (non-hydrogen) atoms. The molecule has 7 heteroatoms. The lowest BCUT2D eigenvalue weighted by Gasteiger charge is -2.08. The number of anilines is 2. The fraction of sp³-hybridized carbons (Fsp3) is 0. The standard InChI is InChI=1S/C22H16BrN3O3/c23-15-7-9-16(10-8-15)24-21(28)19-12-14-6-11-18(27)13-20(14)29-22(19)26-25-17-4-2-1-3-5-17/h1-13,25,27H,(H,24,28)/b26-22-. The van der Waals surface area contributed by atoms with Gasteiger partial charge >= 0.3 is 0 Å². The Morgan fingerprint density at radius 2 is 1.69 bits per heavy atom. The maximum absolute atomic E-state index is 12.9. The van der Waals surface area contributed by atoms with Gasteiger partial charge in [-0.15, -0.1) is 5.10 Å². The molecular weight excluding hydrogens is 434 g/mol. The number of aromatic hydroxyl groups is 1. The van der Waals surface area contributed by atoms with Crippen LogP contribution < -0.4 is 16.3 Å². The molecule has 0 aliphatic carbocycles. The van der Waals surface area contributed by atoms with Gasteiger partial charge in [0, 0.05) is 21.6 Å². The van der Waals surface area contributed by atoms with E-state index in [0.29, 0.717) is 16.7 Å². The number of hydrogen-bond acceptors (Lipinski definition) is 5. The summed E-state index contributed by atoms with van der Waals surface area (Å²) in [7, 11) is 0. The van der Waals surface area contributed by atoms with Crippen LogP contribution in [0, 0.1) is 0 Å². The van der Waals surface area contributed by atoms with Crippen LogP contribution in [-0.2, 0) is 0 Å². The Morgan fingerprint density at radius 1 is 0.931 bits per heavy atom. The van der Waals surface area contributed by atoms with E-state index >= 15 is 0 Å². The average molecular weight is 450 g/mol. The number of amides is 1. The van der Waals surface area contributed by atoms with Crippen LogP contribution in [0.3, 0.4) is 0 Å². The number of carbonyl (C=O) groups is 1. The average Bonchev–Trinajstić information content (AvgIpc) is 2.74. The predicted molar refractivity (Wildman–Crippen MR) is 116 cm³/mol. The lowest BCUT2D eigenvalue weighted by atomic mass is 10.1. The normalized spacial score (nSPS) is 11.4. The Bertz CT molecular complexity index is 1240. The first kappa shape index (κ1) is 18.8. The summed E-state index contributed by atoms with van der Waals surface area (Å²) >= 11 is 3.37. The monoisotopic (exact) mass is 449 g/mol. The van der Waals surface area contributed by atoms with E-state index in [-0.39, 0.29) is 22.8 Å². The van der Waals surface area contributed by atoms with Crippen LogP contribution in [-0.4, -0.2) is 11.0 Å². The molecule has 0 saturated carbocycles. The zero-order valence-electron chi connectivity index (χ0n) is 15.1. The molecule has 1 aromatic heterocycles. The number of phenols is 1. The van der Waals surface area contributed by atoms with E-state index in [1.54, 1.807) is 24.3 Å². The van der Waals surface area contributed by atoms with E-state index in [2.05, 4.69) is 31.8 Å². The number of halogens is 1. The van der Waals surface area contributed by atoms with E-state index < -0.39 is 0 Å². The molecule has 0 spiro atoms. The van der Waals surface area contributed by atoms with Crippen LogP contribution in [0.2, 0.25) is 0 Å². The molecule has 3 aromatic carbocycles. The van der Waals surface area contributed by atoms with Gasteiger partial charge in [-0.05, 0) is 54.6 Å². The highest BCUT2D eigenvalue weighted by Crippen LogP contribution is 2.20. The molecule has 1 amide bonds. The molecule has 0 aliphatic rings. The number of phenolic OH excluding ortho intramolecular Hbond substituents is 1. The maximum atomic E-state index is 12.9. The number of benzene rings is 3. The molecule has 4 aromatic rings. The van der Waals surface area contributed by atoms with E-state index in [1.165, 1.54) is 12.1 Å². The van der Waals surface area contributed by atoms with Crippen LogP contribution >= 0.6 is 15.9 Å². The minimum Gasteiger partial charge on any atom is -0.508 e. The van der Waals surface area contributed by atoms with Gasteiger partial charge in [0.1, 0.15) is 16.9 Å². The van der Waals surface area contributed by atoms with Crippen LogP contribution in [0.5, 0.6) is 5.75 Å². The van der Waals surface area contributed by atoms with Crippen molar-refractivity contribution in [2.45, 2.75) is 0 Å². The van der Waals surface area contributed by atoms with Gasteiger partial charge in [-0.2, -0.15) is 0 Å². The Hall–Kier alpha value is -3.58. The van der Waals surface area contributed by atoms with Crippen molar-refractivity contribution in [3.63, 3.8) is 0 Å². The van der Waals surface area contributed by atoms with Crippen molar-refractivity contribution in [2.24, 2.45) is 5.10 Å². The fourth-order valence-corrected chi connectivity index (χ4v) is 2.98. The number of fused-ring (bicyclic) bond motifs is 1. The first-order valence-corrected chi connectivity index (χ1v) is 9.56. The second-order valence-corrected chi connectivity index (χ2v) is 7.15. The van der Waals surface area contributed by atoms with Gasteiger partial charge < -0.3 is 14.8 Å². The van der Waals surface area contributed by atoms with Gasteiger partial charge in [-0.3, -0.25) is 10.2 Å². The molecule has 4 rings (SSSR count). The molecule has 0 bridgehead atoms. The molecule has 144 valence electrons. The summed E-state index contributed by atoms with van der Waals surface area (Å²) in [5.74, 6) is -0.296. The fourth-order valence-electron chi connectivity index (χ4n) is 2.71. The molecular formula is C22H16BrN3O3. The van der Waals surface area contributed by atoms with Crippen molar-refractivity contribution in [2.75, 3.05) is 10.7 Å². The minimum atomic E-state index is -0.361. The number of para-hydroxylation sites is 1. The van der Waals surface area contributed by atoms with Gasteiger partial charge in [0.15, 0.2) is 0 Å². The highest BCUT2D eigenvalue weighted by atomic mass is 79.9. The van der Waals surface area contributed by atoms with Gasteiger partial charge in [0.05, 0.1) is 5.69 Å². The highest BCUT2D eigenvalue weighted by molar-refractivity contribution is 9.10. The second-order valence-electron chi connectivity index (χ2n) is 6.24. The van der Waals surface area contributed by atoms with Crippen molar-refractivity contribution >= 4 is 44.2 Å².